The van der Waals surface area contributed by atoms with E-state index >= 15 is 0 Å². The molecule has 2 unspecified atom stereocenters. The van der Waals surface area contributed by atoms with Crippen molar-refractivity contribution in [2.24, 2.45) is 17.8 Å². The van der Waals surface area contributed by atoms with Crippen molar-refractivity contribution in [3.05, 3.63) is 0 Å². The van der Waals surface area contributed by atoms with Crippen molar-refractivity contribution in [2.45, 2.75) is 52.4 Å². The van der Waals surface area contributed by atoms with Crippen LogP contribution in [0.5, 0.6) is 0 Å². The summed E-state index contributed by atoms with van der Waals surface area (Å²) in [6.45, 7) is 4.36. The van der Waals surface area contributed by atoms with E-state index in [0.717, 1.165) is 18.3 Å². The topological polar surface area (TPSA) is 20.3 Å². The molecule has 16 heavy (non-hydrogen) atoms. The van der Waals surface area contributed by atoms with Crippen molar-refractivity contribution >= 4 is 5.91 Å². The lowest BCUT2D eigenvalue weighted by Crippen LogP contribution is -2.30. The molecule has 0 radical (unpaired) electrons. The van der Waals surface area contributed by atoms with Crippen LogP contribution < -0.4 is 0 Å². The van der Waals surface area contributed by atoms with E-state index in [4.69, 9.17) is 0 Å². The number of hydrogen-bond acceptors (Lipinski definition) is 1. The van der Waals surface area contributed by atoms with Crippen LogP contribution in [0.3, 0.4) is 0 Å². The molecule has 1 aliphatic carbocycles. The largest absolute Gasteiger partial charge is 0.349 e. The van der Waals surface area contributed by atoms with E-state index in [-0.39, 0.29) is 11.8 Å². The van der Waals surface area contributed by atoms with Crippen molar-refractivity contribution in [2.75, 3.05) is 14.1 Å². The molecule has 0 saturated heterocycles. The van der Waals surface area contributed by atoms with E-state index in [0.29, 0.717) is 0 Å². The molecule has 0 aromatic heterocycles. The van der Waals surface area contributed by atoms with Crippen molar-refractivity contribution in [3.63, 3.8) is 0 Å². The van der Waals surface area contributed by atoms with Crippen LogP contribution in [0.1, 0.15) is 52.4 Å². The van der Waals surface area contributed by atoms with Gasteiger partial charge in [-0.1, -0.05) is 46.0 Å². The van der Waals surface area contributed by atoms with Gasteiger partial charge in [0.1, 0.15) is 0 Å². The number of hydrogen-bond donors (Lipinski definition) is 0. The van der Waals surface area contributed by atoms with Gasteiger partial charge in [0.2, 0.25) is 5.91 Å². The van der Waals surface area contributed by atoms with Gasteiger partial charge >= 0.3 is 0 Å². The maximum atomic E-state index is 11.8. The molecule has 2 atom stereocenters. The molecule has 0 aliphatic heterocycles. The molecule has 2 nitrogen and oxygen atoms in total. The van der Waals surface area contributed by atoms with E-state index in [1.807, 2.05) is 14.1 Å². The molecular formula is C14H27NO. The van der Waals surface area contributed by atoms with Gasteiger partial charge in [-0.2, -0.15) is 0 Å². The quantitative estimate of drug-likeness (QED) is 0.703. The van der Waals surface area contributed by atoms with Gasteiger partial charge in [0, 0.05) is 20.0 Å². The minimum absolute atomic E-state index is 0.195. The van der Waals surface area contributed by atoms with E-state index in [1.54, 1.807) is 4.90 Å². The number of nitrogens with zero attached hydrogens (tertiary/aromatic N) is 1. The highest BCUT2D eigenvalue weighted by Gasteiger charge is 2.27. The summed E-state index contributed by atoms with van der Waals surface area (Å²) in [6, 6.07) is 0. The van der Waals surface area contributed by atoms with Crippen molar-refractivity contribution in [1.82, 2.24) is 4.90 Å². The molecule has 1 rings (SSSR count). The standard InChI is InChI=1S/C14H27NO/c1-5-12(13-8-6-7-9-13)10-11(2)14(16)15(3)4/h11-13H,5-10H2,1-4H3. The normalized spacial score (nSPS) is 20.8. The summed E-state index contributed by atoms with van der Waals surface area (Å²) in [5.74, 6) is 2.14. The second-order valence-electron chi connectivity index (χ2n) is 5.58. The molecule has 0 bridgehead atoms. The predicted molar refractivity (Wildman–Crippen MR) is 68.2 cm³/mol. The van der Waals surface area contributed by atoms with Gasteiger partial charge in [0.25, 0.3) is 0 Å². The summed E-state index contributed by atoms with van der Waals surface area (Å²) in [7, 11) is 3.71. The second kappa shape index (κ2) is 6.27. The smallest absolute Gasteiger partial charge is 0.224 e. The molecule has 1 saturated carbocycles. The summed E-state index contributed by atoms with van der Waals surface area (Å²) >= 11 is 0. The Hall–Kier alpha value is -0.530. The van der Waals surface area contributed by atoms with Crippen LogP contribution in [0.2, 0.25) is 0 Å². The number of rotatable bonds is 5. The van der Waals surface area contributed by atoms with Crippen LogP contribution in [-0.2, 0) is 4.79 Å². The van der Waals surface area contributed by atoms with Crippen molar-refractivity contribution in [1.29, 1.82) is 0 Å². The summed E-state index contributed by atoms with van der Waals surface area (Å²) in [4.78, 5) is 13.6. The third-order valence-electron chi connectivity index (χ3n) is 4.11. The molecule has 1 aliphatic rings. The molecule has 94 valence electrons. The molecule has 2 heteroatoms. The first-order valence-corrected chi connectivity index (χ1v) is 6.77. The van der Waals surface area contributed by atoms with Gasteiger partial charge in [0.05, 0.1) is 0 Å². The van der Waals surface area contributed by atoms with Gasteiger partial charge in [-0.15, -0.1) is 0 Å². The van der Waals surface area contributed by atoms with E-state index in [2.05, 4.69) is 13.8 Å². The van der Waals surface area contributed by atoms with Gasteiger partial charge in [-0.05, 0) is 18.3 Å². The molecule has 0 N–H and O–H groups in total. The molecule has 1 amide bonds. The van der Waals surface area contributed by atoms with Gasteiger partial charge in [0.15, 0.2) is 0 Å². The Bertz CT molecular complexity index is 219. The highest BCUT2D eigenvalue weighted by Crippen LogP contribution is 2.36. The van der Waals surface area contributed by atoms with Crippen molar-refractivity contribution < 1.29 is 4.79 Å². The van der Waals surface area contributed by atoms with Crippen LogP contribution in [0, 0.1) is 17.8 Å². The lowest BCUT2D eigenvalue weighted by atomic mass is 9.82. The second-order valence-corrected chi connectivity index (χ2v) is 5.58. The van der Waals surface area contributed by atoms with Crippen LogP contribution in [0.4, 0.5) is 0 Å². The molecule has 1 fully saturated rings. The SMILES string of the molecule is CCC(CC(C)C(=O)N(C)C)C1CCCC1. The van der Waals surface area contributed by atoms with Gasteiger partial charge < -0.3 is 4.90 Å². The fourth-order valence-electron chi connectivity index (χ4n) is 3.12. The lowest BCUT2D eigenvalue weighted by molar-refractivity contribution is -0.133. The third-order valence-corrected chi connectivity index (χ3v) is 4.11. The first kappa shape index (κ1) is 13.5. The molecule has 0 heterocycles. The van der Waals surface area contributed by atoms with E-state index < -0.39 is 0 Å². The number of carbonyl (C=O) groups excluding carboxylic acids is 1. The van der Waals surface area contributed by atoms with E-state index in [9.17, 15) is 4.79 Å². The van der Waals surface area contributed by atoms with Crippen LogP contribution in [0.25, 0.3) is 0 Å². The minimum atomic E-state index is 0.195. The maximum absolute atomic E-state index is 11.8. The highest BCUT2D eigenvalue weighted by molar-refractivity contribution is 5.77. The number of carbonyl (C=O) groups is 1. The Kier molecular flexibility index (Phi) is 5.30. The summed E-state index contributed by atoms with van der Waals surface area (Å²) in [5, 5.41) is 0. The summed E-state index contributed by atoms with van der Waals surface area (Å²) in [6.07, 6.45) is 7.89. The van der Waals surface area contributed by atoms with Crippen LogP contribution >= 0.6 is 0 Å². The minimum Gasteiger partial charge on any atom is -0.349 e. The highest BCUT2D eigenvalue weighted by atomic mass is 16.2. The first-order chi connectivity index (χ1) is 7.56. The molecule has 0 aromatic carbocycles. The number of amides is 1. The van der Waals surface area contributed by atoms with Gasteiger partial charge in [-0.3, -0.25) is 4.79 Å². The summed E-state index contributed by atoms with van der Waals surface area (Å²) in [5.41, 5.74) is 0. The lowest BCUT2D eigenvalue weighted by Gasteiger charge is -2.26. The average molecular weight is 225 g/mol. The Labute approximate surface area is 100 Å². The fraction of sp³-hybridized carbons (Fsp3) is 0.929. The van der Waals surface area contributed by atoms with E-state index in [1.165, 1.54) is 32.1 Å². The fourth-order valence-corrected chi connectivity index (χ4v) is 3.12. The summed E-state index contributed by atoms with van der Waals surface area (Å²) < 4.78 is 0. The Morgan fingerprint density at radius 1 is 1.31 bits per heavy atom. The van der Waals surface area contributed by atoms with Crippen LogP contribution in [-0.4, -0.2) is 24.9 Å². The Morgan fingerprint density at radius 2 is 1.88 bits per heavy atom. The van der Waals surface area contributed by atoms with Crippen molar-refractivity contribution in [3.8, 4) is 0 Å². The molecular weight excluding hydrogens is 198 g/mol. The monoisotopic (exact) mass is 225 g/mol. The maximum Gasteiger partial charge on any atom is 0.224 e. The zero-order valence-corrected chi connectivity index (χ0v) is 11.3. The third kappa shape index (κ3) is 3.50. The van der Waals surface area contributed by atoms with Crippen LogP contribution in [0.15, 0.2) is 0 Å². The Morgan fingerprint density at radius 3 is 2.31 bits per heavy atom. The first-order valence-electron chi connectivity index (χ1n) is 6.77. The average Bonchev–Trinajstić information content (AvgIpc) is 2.77. The zero-order valence-electron chi connectivity index (χ0n) is 11.3. The Balaban J connectivity index is 2.45. The molecule has 0 aromatic rings. The zero-order chi connectivity index (χ0) is 12.1. The molecule has 0 spiro atoms. The van der Waals surface area contributed by atoms with Gasteiger partial charge in [-0.25, -0.2) is 0 Å². The predicted octanol–water partition coefficient (Wildman–Crippen LogP) is 3.32.